The van der Waals surface area contributed by atoms with Gasteiger partial charge in [0.2, 0.25) is 5.88 Å². The third-order valence-electron chi connectivity index (χ3n) is 3.86. The summed E-state index contributed by atoms with van der Waals surface area (Å²) in [5.74, 6) is 0.115. The molecule has 0 saturated heterocycles. The van der Waals surface area contributed by atoms with E-state index in [1.165, 1.54) is 0 Å². The standard InChI is InChI=1S/C19H23BrN2O3/c1-19(2,14-6-8-15(20)9-7-14)13-22-17(23)16-5-4-10-21-18(16)25-12-11-24-3/h4-10H,11-13H2,1-3H3,(H,22,23). The van der Waals surface area contributed by atoms with Crippen molar-refractivity contribution >= 4 is 21.8 Å². The predicted octanol–water partition coefficient (Wildman–Crippen LogP) is 3.58. The van der Waals surface area contributed by atoms with E-state index in [9.17, 15) is 4.79 Å². The van der Waals surface area contributed by atoms with Gasteiger partial charge >= 0.3 is 0 Å². The van der Waals surface area contributed by atoms with Gasteiger partial charge < -0.3 is 14.8 Å². The number of rotatable bonds is 8. The number of carbonyl (C=O) groups excluding carboxylic acids is 1. The van der Waals surface area contributed by atoms with Gasteiger partial charge in [-0.15, -0.1) is 0 Å². The van der Waals surface area contributed by atoms with Crippen molar-refractivity contribution in [3.8, 4) is 5.88 Å². The number of hydrogen-bond acceptors (Lipinski definition) is 4. The first kappa shape index (κ1) is 19.4. The fourth-order valence-corrected chi connectivity index (χ4v) is 2.56. The van der Waals surface area contributed by atoms with Crippen LogP contribution in [0.2, 0.25) is 0 Å². The van der Waals surface area contributed by atoms with Crippen LogP contribution in [0.3, 0.4) is 0 Å². The summed E-state index contributed by atoms with van der Waals surface area (Å²) in [4.78, 5) is 16.7. The van der Waals surface area contributed by atoms with E-state index < -0.39 is 0 Å². The highest BCUT2D eigenvalue weighted by atomic mass is 79.9. The van der Waals surface area contributed by atoms with Gasteiger partial charge in [0.05, 0.1) is 6.61 Å². The van der Waals surface area contributed by atoms with Crippen LogP contribution >= 0.6 is 15.9 Å². The van der Waals surface area contributed by atoms with Gasteiger partial charge in [-0.1, -0.05) is 41.9 Å². The van der Waals surface area contributed by atoms with Crippen LogP contribution in [0, 0.1) is 0 Å². The van der Waals surface area contributed by atoms with E-state index in [4.69, 9.17) is 9.47 Å². The average molecular weight is 407 g/mol. The lowest BCUT2D eigenvalue weighted by Crippen LogP contribution is -2.37. The zero-order valence-electron chi connectivity index (χ0n) is 14.7. The topological polar surface area (TPSA) is 60.5 Å². The number of nitrogens with zero attached hydrogens (tertiary/aromatic N) is 1. The summed E-state index contributed by atoms with van der Waals surface area (Å²) in [6.07, 6.45) is 1.60. The van der Waals surface area contributed by atoms with Gasteiger partial charge in [0, 0.05) is 29.7 Å². The van der Waals surface area contributed by atoms with Crippen LogP contribution in [0.5, 0.6) is 5.88 Å². The average Bonchev–Trinajstić information content (AvgIpc) is 2.61. The zero-order valence-corrected chi connectivity index (χ0v) is 16.3. The van der Waals surface area contributed by atoms with E-state index in [1.54, 1.807) is 25.4 Å². The summed E-state index contributed by atoms with van der Waals surface area (Å²) in [6, 6.07) is 11.5. The quantitative estimate of drug-likeness (QED) is 0.680. The summed E-state index contributed by atoms with van der Waals surface area (Å²) in [6.45, 7) is 5.47. The third-order valence-corrected chi connectivity index (χ3v) is 4.39. The number of carbonyl (C=O) groups is 1. The molecule has 25 heavy (non-hydrogen) atoms. The van der Waals surface area contributed by atoms with Crippen molar-refractivity contribution in [2.45, 2.75) is 19.3 Å². The van der Waals surface area contributed by atoms with Gasteiger partial charge in [0.15, 0.2) is 0 Å². The molecule has 2 aromatic rings. The number of ether oxygens (including phenoxy) is 2. The van der Waals surface area contributed by atoms with Crippen molar-refractivity contribution < 1.29 is 14.3 Å². The maximum absolute atomic E-state index is 12.6. The molecule has 1 N–H and O–H groups in total. The highest BCUT2D eigenvalue weighted by Gasteiger charge is 2.23. The van der Waals surface area contributed by atoms with E-state index in [1.807, 2.05) is 12.1 Å². The highest BCUT2D eigenvalue weighted by molar-refractivity contribution is 9.10. The van der Waals surface area contributed by atoms with E-state index in [-0.39, 0.29) is 11.3 Å². The summed E-state index contributed by atoms with van der Waals surface area (Å²) < 4.78 is 11.5. The van der Waals surface area contributed by atoms with Crippen LogP contribution < -0.4 is 10.1 Å². The van der Waals surface area contributed by atoms with Crippen LogP contribution in [0.1, 0.15) is 29.8 Å². The van der Waals surface area contributed by atoms with Gasteiger partial charge in [0.25, 0.3) is 5.91 Å². The SMILES string of the molecule is COCCOc1ncccc1C(=O)NCC(C)(C)c1ccc(Br)cc1. The lowest BCUT2D eigenvalue weighted by Gasteiger charge is -2.26. The van der Waals surface area contributed by atoms with Gasteiger partial charge in [0.1, 0.15) is 12.2 Å². The summed E-state index contributed by atoms with van der Waals surface area (Å²) in [5.41, 5.74) is 1.37. The Kier molecular flexibility index (Phi) is 6.96. The molecule has 1 aromatic carbocycles. The molecule has 0 saturated carbocycles. The van der Waals surface area contributed by atoms with Gasteiger partial charge in [-0.25, -0.2) is 4.98 Å². The van der Waals surface area contributed by atoms with Crippen molar-refractivity contribution in [2.24, 2.45) is 0 Å². The van der Waals surface area contributed by atoms with Crippen LogP contribution in [-0.4, -0.2) is 37.8 Å². The molecule has 0 aliphatic carbocycles. The van der Waals surface area contributed by atoms with E-state index in [0.29, 0.717) is 31.2 Å². The van der Waals surface area contributed by atoms with Gasteiger partial charge in [-0.2, -0.15) is 0 Å². The smallest absolute Gasteiger partial charge is 0.256 e. The van der Waals surface area contributed by atoms with Crippen molar-refractivity contribution in [2.75, 3.05) is 26.9 Å². The zero-order chi connectivity index (χ0) is 18.3. The lowest BCUT2D eigenvalue weighted by molar-refractivity contribution is 0.0936. The second kappa shape index (κ2) is 8.97. The minimum absolute atomic E-state index is 0.199. The van der Waals surface area contributed by atoms with Gasteiger partial charge in [-0.05, 0) is 29.8 Å². The molecule has 0 spiro atoms. The van der Waals surface area contributed by atoms with Crippen molar-refractivity contribution in [3.63, 3.8) is 0 Å². The number of amides is 1. The number of methoxy groups -OCH3 is 1. The second-order valence-corrected chi connectivity index (χ2v) is 7.19. The molecule has 0 atom stereocenters. The Hall–Kier alpha value is -1.92. The van der Waals surface area contributed by atoms with E-state index in [2.05, 4.69) is 52.2 Å². The normalized spacial score (nSPS) is 11.2. The Morgan fingerprint density at radius 1 is 1.20 bits per heavy atom. The third kappa shape index (κ3) is 5.54. The fraction of sp³-hybridized carbons (Fsp3) is 0.368. The fourth-order valence-electron chi connectivity index (χ4n) is 2.30. The molecule has 134 valence electrons. The number of halogens is 1. The first-order chi connectivity index (χ1) is 11.9. The molecule has 1 aromatic heterocycles. The molecule has 6 heteroatoms. The van der Waals surface area contributed by atoms with Crippen molar-refractivity contribution in [1.82, 2.24) is 10.3 Å². The molecular weight excluding hydrogens is 384 g/mol. The Morgan fingerprint density at radius 3 is 2.60 bits per heavy atom. The number of aromatic nitrogens is 1. The summed E-state index contributed by atoms with van der Waals surface area (Å²) in [7, 11) is 1.60. The molecule has 1 amide bonds. The Balaban J connectivity index is 2.03. The molecule has 5 nitrogen and oxygen atoms in total. The molecule has 0 fully saturated rings. The number of pyridine rings is 1. The first-order valence-electron chi connectivity index (χ1n) is 8.05. The van der Waals surface area contributed by atoms with Crippen molar-refractivity contribution in [1.29, 1.82) is 0 Å². The molecule has 0 aliphatic heterocycles. The Morgan fingerprint density at radius 2 is 1.92 bits per heavy atom. The number of nitrogens with one attached hydrogen (secondary N) is 1. The molecule has 1 heterocycles. The maximum Gasteiger partial charge on any atom is 0.256 e. The number of hydrogen-bond donors (Lipinski definition) is 1. The summed E-state index contributed by atoms with van der Waals surface area (Å²) >= 11 is 3.44. The lowest BCUT2D eigenvalue weighted by atomic mass is 9.84. The minimum atomic E-state index is -0.203. The monoisotopic (exact) mass is 406 g/mol. The first-order valence-corrected chi connectivity index (χ1v) is 8.84. The summed E-state index contributed by atoms with van der Waals surface area (Å²) in [5, 5.41) is 2.98. The second-order valence-electron chi connectivity index (χ2n) is 6.27. The molecule has 0 bridgehead atoms. The molecule has 0 radical (unpaired) electrons. The molecular formula is C19H23BrN2O3. The Bertz CT molecular complexity index is 702. The molecule has 0 unspecified atom stereocenters. The Labute approximate surface area is 156 Å². The van der Waals surface area contributed by atoms with Crippen LogP contribution in [0.15, 0.2) is 47.1 Å². The highest BCUT2D eigenvalue weighted by Crippen LogP contribution is 2.24. The van der Waals surface area contributed by atoms with Crippen molar-refractivity contribution in [3.05, 3.63) is 58.2 Å². The molecule has 2 rings (SSSR count). The maximum atomic E-state index is 12.6. The number of benzene rings is 1. The predicted molar refractivity (Wildman–Crippen MR) is 101 cm³/mol. The van der Waals surface area contributed by atoms with Crippen LogP contribution in [-0.2, 0) is 10.2 Å². The van der Waals surface area contributed by atoms with E-state index in [0.717, 1.165) is 10.0 Å². The van der Waals surface area contributed by atoms with Crippen LogP contribution in [0.25, 0.3) is 0 Å². The van der Waals surface area contributed by atoms with Crippen LogP contribution in [0.4, 0.5) is 0 Å². The largest absolute Gasteiger partial charge is 0.475 e. The van der Waals surface area contributed by atoms with Gasteiger partial charge in [-0.3, -0.25) is 4.79 Å². The molecule has 0 aliphatic rings. The van der Waals surface area contributed by atoms with E-state index >= 15 is 0 Å². The minimum Gasteiger partial charge on any atom is -0.475 e.